The highest BCUT2D eigenvalue weighted by Crippen LogP contribution is 2.41. The van der Waals surface area contributed by atoms with Gasteiger partial charge < -0.3 is 15.2 Å². The maximum absolute atomic E-state index is 16.3. The number of aliphatic hydroxyl groups is 1. The van der Waals surface area contributed by atoms with Crippen LogP contribution in [0.4, 0.5) is 14.6 Å². The van der Waals surface area contributed by atoms with Gasteiger partial charge in [0.15, 0.2) is 5.82 Å². The van der Waals surface area contributed by atoms with E-state index in [4.69, 9.17) is 16.3 Å². The van der Waals surface area contributed by atoms with Crippen LogP contribution in [0.25, 0.3) is 32.9 Å². The Morgan fingerprint density at radius 2 is 2.03 bits per heavy atom. The zero-order valence-electron chi connectivity index (χ0n) is 21.8. The van der Waals surface area contributed by atoms with Crippen LogP contribution in [-0.2, 0) is 0 Å². The Morgan fingerprint density at radius 3 is 2.82 bits per heavy atom. The van der Waals surface area contributed by atoms with Gasteiger partial charge in [0.25, 0.3) is 0 Å². The van der Waals surface area contributed by atoms with Crippen molar-refractivity contribution in [3.63, 3.8) is 0 Å². The number of benzene rings is 2. The lowest BCUT2D eigenvalue weighted by molar-refractivity contribution is 0.0943. The summed E-state index contributed by atoms with van der Waals surface area (Å²) in [5.41, 5.74) is -0.767. The molecule has 2 aromatic carbocycles. The number of halogens is 3. The van der Waals surface area contributed by atoms with Crippen molar-refractivity contribution in [2.24, 2.45) is 0 Å². The van der Waals surface area contributed by atoms with Crippen molar-refractivity contribution in [2.45, 2.75) is 50.4 Å². The van der Waals surface area contributed by atoms with Crippen LogP contribution in [0.15, 0.2) is 42.6 Å². The number of pyridine rings is 1. The fraction of sp³-hybridized carbons (Fsp3) is 0.414. The molecule has 4 heterocycles. The van der Waals surface area contributed by atoms with Gasteiger partial charge in [0.1, 0.15) is 29.8 Å². The summed E-state index contributed by atoms with van der Waals surface area (Å²) in [6.45, 7) is 4.91. The van der Waals surface area contributed by atoms with Crippen molar-refractivity contribution < 1.29 is 18.6 Å². The Hall–Kier alpha value is -3.14. The van der Waals surface area contributed by atoms with Crippen LogP contribution in [0.3, 0.4) is 0 Å². The van der Waals surface area contributed by atoms with Gasteiger partial charge in [-0.3, -0.25) is 9.88 Å². The van der Waals surface area contributed by atoms with Gasteiger partial charge in [0, 0.05) is 41.7 Å². The number of hydrogen-bond acceptors (Lipinski definition) is 7. The molecule has 0 bridgehead atoms. The molecule has 0 saturated carbocycles. The van der Waals surface area contributed by atoms with E-state index in [9.17, 15) is 9.50 Å². The number of aromatic nitrogens is 3. The molecule has 6 rings (SSSR count). The van der Waals surface area contributed by atoms with Crippen molar-refractivity contribution in [1.29, 1.82) is 0 Å². The van der Waals surface area contributed by atoms with Gasteiger partial charge in [-0.15, -0.1) is 0 Å². The van der Waals surface area contributed by atoms with Gasteiger partial charge in [-0.1, -0.05) is 41.9 Å². The molecule has 2 saturated heterocycles. The molecule has 2 N–H and O–H groups in total. The average Bonchev–Trinajstić information content (AvgIpc) is 3.42. The van der Waals surface area contributed by atoms with Gasteiger partial charge in [-0.25, -0.2) is 8.78 Å². The first-order chi connectivity index (χ1) is 18.6. The number of rotatable bonds is 7. The van der Waals surface area contributed by atoms with Gasteiger partial charge in [0.2, 0.25) is 0 Å². The number of fused-ring (bicyclic) bond motifs is 3. The fourth-order valence-electron chi connectivity index (χ4n) is 5.86. The molecule has 0 unspecified atom stereocenters. The Kier molecular flexibility index (Phi) is 6.56. The van der Waals surface area contributed by atoms with Gasteiger partial charge in [-0.05, 0) is 44.7 Å². The molecule has 0 spiro atoms. The van der Waals surface area contributed by atoms with E-state index in [2.05, 4.69) is 25.2 Å². The Bertz CT molecular complexity index is 1560. The maximum atomic E-state index is 16.3. The largest absolute Gasteiger partial charge is 0.461 e. The maximum Gasteiger partial charge on any atom is 0.319 e. The quantitative estimate of drug-likeness (QED) is 0.300. The smallest absolute Gasteiger partial charge is 0.319 e. The van der Waals surface area contributed by atoms with Crippen LogP contribution in [-0.4, -0.2) is 68.5 Å². The van der Waals surface area contributed by atoms with Gasteiger partial charge in [0.05, 0.1) is 16.5 Å². The second kappa shape index (κ2) is 9.80. The van der Waals surface area contributed by atoms with Crippen LogP contribution < -0.4 is 10.1 Å². The molecule has 0 radical (unpaired) electrons. The van der Waals surface area contributed by atoms with Crippen LogP contribution in [0, 0.1) is 5.82 Å². The molecule has 7 nitrogen and oxygen atoms in total. The van der Waals surface area contributed by atoms with E-state index in [1.165, 1.54) is 6.20 Å². The lowest BCUT2D eigenvalue weighted by atomic mass is 9.95. The summed E-state index contributed by atoms with van der Waals surface area (Å²) < 4.78 is 36.6. The topological polar surface area (TPSA) is 83.4 Å². The van der Waals surface area contributed by atoms with E-state index in [1.807, 2.05) is 24.3 Å². The second-order valence-corrected chi connectivity index (χ2v) is 11.6. The molecular weight excluding hydrogens is 524 g/mol. The highest BCUT2D eigenvalue weighted by Gasteiger charge is 2.49. The molecule has 10 heteroatoms. The highest BCUT2D eigenvalue weighted by atomic mass is 35.5. The highest BCUT2D eigenvalue weighted by molar-refractivity contribution is 6.36. The van der Waals surface area contributed by atoms with Gasteiger partial charge >= 0.3 is 6.01 Å². The van der Waals surface area contributed by atoms with E-state index in [-0.39, 0.29) is 30.4 Å². The van der Waals surface area contributed by atoms with E-state index in [0.717, 1.165) is 24.8 Å². The number of hydrogen-bond donors (Lipinski definition) is 2. The number of nitrogens with zero attached hydrogens (tertiary/aromatic N) is 4. The minimum Gasteiger partial charge on any atom is -0.461 e. The first kappa shape index (κ1) is 26.1. The Balaban J connectivity index is 1.44. The van der Waals surface area contributed by atoms with Crippen LogP contribution >= 0.6 is 11.6 Å². The first-order valence-corrected chi connectivity index (χ1v) is 13.5. The SMILES string of the molecule is CC(C)(O)CNc1nc(OC[C@@]23CCCN2C[C@H](F)C3)nc2c(F)c(-c3cccc4cccc(Cl)c34)ncc12. The summed E-state index contributed by atoms with van der Waals surface area (Å²) in [6, 6.07) is 11.0. The molecule has 2 aromatic heterocycles. The predicted molar refractivity (Wildman–Crippen MR) is 149 cm³/mol. The standard InChI is InChI=1S/C29H30ClF2N5O2/c1-28(2,38)15-34-26-20-13-33-24(19-8-3-6-17-7-4-9-21(30)22(17)19)23(32)25(20)35-27(36-26)39-16-29-10-5-11-37(29)14-18(31)12-29/h3-4,6-9,13,18,38H,5,10-12,14-16H2,1-2H3,(H,34,35,36)/t18-,29+/m1/s1. The molecule has 2 fully saturated rings. The van der Waals surface area contributed by atoms with E-state index in [1.54, 1.807) is 26.0 Å². The zero-order chi connectivity index (χ0) is 27.4. The van der Waals surface area contributed by atoms with Crippen LogP contribution in [0.2, 0.25) is 5.02 Å². The molecule has 2 atom stereocenters. The monoisotopic (exact) mass is 553 g/mol. The van der Waals surface area contributed by atoms with E-state index < -0.39 is 23.1 Å². The molecule has 39 heavy (non-hydrogen) atoms. The van der Waals surface area contributed by atoms with E-state index in [0.29, 0.717) is 40.1 Å². The van der Waals surface area contributed by atoms with Crippen molar-refractivity contribution in [3.05, 3.63) is 53.4 Å². The summed E-state index contributed by atoms with van der Waals surface area (Å²) in [6.07, 6.45) is 2.82. The number of nitrogens with one attached hydrogen (secondary N) is 1. The molecule has 2 aliphatic rings. The zero-order valence-corrected chi connectivity index (χ0v) is 22.6. The molecular formula is C29H30ClF2N5O2. The van der Waals surface area contributed by atoms with Crippen LogP contribution in [0.5, 0.6) is 6.01 Å². The van der Waals surface area contributed by atoms with Crippen LogP contribution in [0.1, 0.15) is 33.1 Å². The summed E-state index contributed by atoms with van der Waals surface area (Å²) >= 11 is 6.51. The van der Waals surface area contributed by atoms with E-state index >= 15 is 4.39 Å². The molecule has 0 amide bonds. The van der Waals surface area contributed by atoms with Crippen molar-refractivity contribution in [3.8, 4) is 17.3 Å². The normalized spacial score (nSPS) is 21.5. The average molecular weight is 554 g/mol. The van der Waals surface area contributed by atoms with Crippen molar-refractivity contribution in [1.82, 2.24) is 19.9 Å². The van der Waals surface area contributed by atoms with Crippen molar-refractivity contribution >= 4 is 39.1 Å². The summed E-state index contributed by atoms with van der Waals surface area (Å²) in [5, 5.41) is 15.8. The summed E-state index contributed by atoms with van der Waals surface area (Å²) in [7, 11) is 0. The predicted octanol–water partition coefficient (Wildman–Crippen LogP) is 5.78. The fourth-order valence-corrected chi connectivity index (χ4v) is 6.15. The van der Waals surface area contributed by atoms with Crippen molar-refractivity contribution in [2.75, 3.05) is 31.6 Å². The summed E-state index contributed by atoms with van der Waals surface area (Å²) in [5.74, 6) is -0.342. The Morgan fingerprint density at radius 1 is 1.23 bits per heavy atom. The number of alkyl halides is 1. The second-order valence-electron chi connectivity index (χ2n) is 11.2. The summed E-state index contributed by atoms with van der Waals surface area (Å²) in [4.78, 5) is 15.6. The minimum absolute atomic E-state index is 0.0173. The third-order valence-electron chi connectivity index (χ3n) is 7.69. The molecule has 0 aliphatic carbocycles. The molecule has 204 valence electrons. The molecule has 2 aliphatic heterocycles. The lowest BCUT2D eigenvalue weighted by Crippen LogP contribution is -2.43. The molecule has 4 aromatic rings. The number of anilines is 1. The lowest BCUT2D eigenvalue weighted by Gasteiger charge is -2.30. The Labute approximate surface area is 230 Å². The first-order valence-electron chi connectivity index (χ1n) is 13.2. The third kappa shape index (κ3) is 4.88. The minimum atomic E-state index is -1.05. The van der Waals surface area contributed by atoms with Gasteiger partial charge in [-0.2, -0.15) is 9.97 Å². The number of ether oxygens (including phenoxy) is 1. The third-order valence-corrected chi connectivity index (χ3v) is 8.01.